The fourth-order valence-corrected chi connectivity index (χ4v) is 3.47. The lowest BCUT2D eigenvalue weighted by atomic mass is 9.93. The summed E-state index contributed by atoms with van der Waals surface area (Å²) < 4.78 is 26.8. The minimum absolute atomic E-state index is 0.184. The van der Waals surface area contributed by atoms with Gasteiger partial charge in [0.05, 0.1) is 50.7 Å². The van der Waals surface area contributed by atoms with E-state index in [1.54, 1.807) is 50.2 Å². The topological polar surface area (TPSA) is 84.2 Å². The van der Waals surface area contributed by atoms with Crippen LogP contribution >= 0.6 is 0 Å². The molecule has 1 heterocycles. The van der Waals surface area contributed by atoms with Gasteiger partial charge in [-0.1, -0.05) is 0 Å². The zero-order valence-corrected chi connectivity index (χ0v) is 18.3. The van der Waals surface area contributed by atoms with Crippen molar-refractivity contribution in [2.75, 3.05) is 28.4 Å². The molecule has 1 aromatic heterocycles. The first kappa shape index (κ1) is 22.0. The zero-order chi connectivity index (χ0) is 22.7. The van der Waals surface area contributed by atoms with Crippen LogP contribution in [0.2, 0.25) is 0 Å². The highest BCUT2D eigenvalue weighted by Crippen LogP contribution is 2.34. The lowest BCUT2D eigenvalue weighted by Crippen LogP contribution is -2.13. The molecule has 0 aliphatic carbocycles. The molecule has 31 heavy (non-hydrogen) atoms. The van der Waals surface area contributed by atoms with Gasteiger partial charge in [0.2, 0.25) is 11.6 Å². The Morgan fingerprint density at radius 2 is 1.03 bits per heavy atom. The maximum Gasteiger partial charge on any atom is 0.201 e. The highest BCUT2D eigenvalue weighted by molar-refractivity contribution is 6.22. The molecule has 0 fully saturated rings. The van der Waals surface area contributed by atoms with Crippen LogP contribution in [-0.4, -0.2) is 40.0 Å². The minimum Gasteiger partial charge on any atom is -0.497 e. The molecule has 0 aliphatic rings. The first-order valence-electron chi connectivity index (χ1n) is 9.49. The molecular weight excluding hydrogens is 400 g/mol. The Morgan fingerprint density at radius 1 is 0.645 bits per heavy atom. The summed E-state index contributed by atoms with van der Waals surface area (Å²) in [7, 11) is 5.98. The van der Waals surface area contributed by atoms with Crippen LogP contribution in [0.5, 0.6) is 23.0 Å². The normalized spacial score (nSPS) is 10.5. The number of furan rings is 1. The fraction of sp³-hybridized carbons (Fsp3) is 0.250. The average Bonchev–Trinajstić information content (AvgIpc) is 3.10. The Balaban J connectivity index is 2.14. The van der Waals surface area contributed by atoms with Crippen molar-refractivity contribution in [1.29, 1.82) is 0 Å². The molecule has 3 rings (SSSR count). The van der Waals surface area contributed by atoms with E-state index in [1.807, 2.05) is 0 Å². The van der Waals surface area contributed by atoms with Crippen LogP contribution in [0.1, 0.15) is 43.4 Å². The van der Waals surface area contributed by atoms with E-state index in [1.165, 1.54) is 28.4 Å². The lowest BCUT2D eigenvalue weighted by molar-refractivity contribution is 0.1000. The highest BCUT2D eigenvalue weighted by atomic mass is 16.5. The molecule has 0 bridgehead atoms. The molecule has 0 unspecified atom stereocenters. The minimum atomic E-state index is -0.385. The third-order valence-corrected chi connectivity index (χ3v) is 5.02. The molecule has 7 heteroatoms. The van der Waals surface area contributed by atoms with Crippen LogP contribution in [0.3, 0.4) is 0 Å². The van der Waals surface area contributed by atoms with Gasteiger partial charge < -0.3 is 23.4 Å². The average molecular weight is 424 g/mol. The fourth-order valence-electron chi connectivity index (χ4n) is 3.47. The summed E-state index contributed by atoms with van der Waals surface area (Å²) in [6.07, 6.45) is 0. The summed E-state index contributed by atoms with van der Waals surface area (Å²) in [5.41, 5.74) is 0.957. The highest BCUT2D eigenvalue weighted by Gasteiger charge is 2.30. The molecule has 0 spiro atoms. The van der Waals surface area contributed by atoms with Crippen LogP contribution in [0.15, 0.2) is 40.8 Å². The molecule has 0 aliphatic heterocycles. The molecule has 0 atom stereocenters. The zero-order valence-electron chi connectivity index (χ0n) is 18.3. The van der Waals surface area contributed by atoms with Gasteiger partial charge in [-0.15, -0.1) is 0 Å². The lowest BCUT2D eigenvalue weighted by Gasteiger charge is -2.12. The number of ether oxygens (including phenoxy) is 4. The van der Waals surface area contributed by atoms with E-state index < -0.39 is 0 Å². The quantitative estimate of drug-likeness (QED) is 0.496. The molecule has 0 N–H and O–H groups in total. The van der Waals surface area contributed by atoms with Crippen molar-refractivity contribution in [2.24, 2.45) is 0 Å². The molecule has 0 saturated carbocycles. The molecule has 3 aromatic rings. The summed E-state index contributed by atoms with van der Waals surface area (Å²) in [6.45, 7) is 3.30. The van der Waals surface area contributed by atoms with Crippen LogP contribution in [0.4, 0.5) is 0 Å². The Hall–Kier alpha value is -3.74. The van der Waals surface area contributed by atoms with Crippen molar-refractivity contribution in [3.8, 4) is 23.0 Å². The number of carbonyl (C=O) groups excluding carboxylic acids is 2. The van der Waals surface area contributed by atoms with E-state index in [-0.39, 0.29) is 22.7 Å². The summed E-state index contributed by atoms with van der Waals surface area (Å²) in [6, 6.07) is 9.75. The van der Waals surface area contributed by atoms with Crippen LogP contribution < -0.4 is 18.9 Å². The Labute approximate surface area is 180 Å². The number of hydrogen-bond acceptors (Lipinski definition) is 7. The SMILES string of the molecule is COc1ccc(C(=O)c2c(C)oc(C)c2C(=O)c2ccc(OC)cc2OC)c(OC)c1. The van der Waals surface area contributed by atoms with E-state index in [0.717, 1.165) is 0 Å². The van der Waals surface area contributed by atoms with Gasteiger partial charge in [0.25, 0.3) is 0 Å². The summed E-state index contributed by atoms with van der Waals surface area (Å²) in [5.74, 6) is 1.69. The molecular formula is C24H24O7. The molecule has 0 amide bonds. The number of benzene rings is 2. The molecule has 162 valence electrons. The number of methoxy groups -OCH3 is 4. The third-order valence-electron chi connectivity index (χ3n) is 5.02. The van der Waals surface area contributed by atoms with Gasteiger partial charge in [0, 0.05) is 12.1 Å². The molecule has 0 radical (unpaired) electrons. The van der Waals surface area contributed by atoms with E-state index in [9.17, 15) is 9.59 Å². The Bertz CT molecular complexity index is 1050. The van der Waals surface area contributed by atoms with Gasteiger partial charge in [-0.05, 0) is 38.1 Å². The third kappa shape index (κ3) is 3.99. The van der Waals surface area contributed by atoms with Gasteiger partial charge in [-0.2, -0.15) is 0 Å². The predicted molar refractivity (Wildman–Crippen MR) is 114 cm³/mol. The van der Waals surface area contributed by atoms with Gasteiger partial charge in [-0.3, -0.25) is 9.59 Å². The van der Waals surface area contributed by atoms with Crippen molar-refractivity contribution in [3.63, 3.8) is 0 Å². The van der Waals surface area contributed by atoms with Crippen molar-refractivity contribution >= 4 is 11.6 Å². The number of carbonyl (C=O) groups is 2. The van der Waals surface area contributed by atoms with E-state index in [0.29, 0.717) is 45.6 Å². The monoisotopic (exact) mass is 424 g/mol. The van der Waals surface area contributed by atoms with Gasteiger partial charge >= 0.3 is 0 Å². The molecule has 2 aromatic carbocycles. The van der Waals surface area contributed by atoms with Crippen LogP contribution in [-0.2, 0) is 0 Å². The molecule has 7 nitrogen and oxygen atoms in total. The Morgan fingerprint density at radius 3 is 1.35 bits per heavy atom. The number of hydrogen-bond donors (Lipinski definition) is 0. The smallest absolute Gasteiger partial charge is 0.201 e. The van der Waals surface area contributed by atoms with Crippen LogP contribution in [0, 0.1) is 13.8 Å². The first-order valence-corrected chi connectivity index (χ1v) is 9.49. The van der Waals surface area contributed by atoms with Crippen molar-refractivity contribution in [3.05, 3.63) is 70.2 Å². The van der Waals surface area contributed by atoms with E-state index in [2.05, 4.69) is 0 Å². The van der Waals surface area contributed by atoms with Gasteiger partial charge in [-0.25, -0.2) is 0 Å². The standard InChI is InChI=1S/C24H24O7/c1-13-21(23(25)17-9-7-15(27-3)11-19(17)29-5)22(14(2)31-13)24(26)18-10-8-16(28-4)12-20(18)30-6/h7-12H,1-6H3. The van der Waals surface area contributed by atoms with Crippen LogP contribution in [0.25, 0.3) is 0 Å². The predicted octanol–water partition coefficient (Wildman–Crippen LogP) is 4.39. The number of ketones is 2. The Kier molecular flexibility index (Phi) is 6.34. The number of rotatable bonds is 8. The maximum absolute atomic E-state index is 13.5. The second-order valence-corrected chi connectivity index (χ2v) is 6.76. The van der Waals surface area contributed by atoms with Gasteiger partial charge in [0.1, 0.15) is 34.5 Å². The largest absolute Gasteiger partial charge is 0.497 e. The maximum atomic E-state index is 13.5. The second kappa shape index (κ2) is 8.95. The van der Waals surface area contributed by atoms with E-state index >= 15 is 0 Å². The summed E-state index contributed by atoms with van der Waals surface area (Å²) >= 11 is 0. The second-order valence-electron chi connectivity index (χ2n) is 6.76. The van der Waals surface area contributed by atoms with E-state index in [4.69, 9.17) is 23.4 Å². The first-order chi connectivity index (χ1) is 14.9. The van der Waals surface area contributed by atoms with Crippen molar-refractivity contribution < 1.29 is 33.0 Å². The summed E-state index contributed by atoms with van der Waals surface area (Å²) in [5, 5.41) is 0. The van der Waals surface area contributed by atoms with Gasteiger partial charge in [0.15, 0.2) is 0 Å². The molecule has 0 saturated heterocycles. The van der Waals surface area contributed by atoms with Crippen molar-refractivity contribution in [2.45, 2.75) is 13.8 Å². The number of aryl methyl sites for hydroxylation is 2. The summed E-state index contributed by atoms with van der Waals surface area (Å²) in [4.78, 5) is 27.0. The van der Waals surface area contributed by atoms with Crippen molar-refractivity contribution in [1.82, 2.24) is 0 Å².